The SMILES string of the molecule is COc1ccc(CO[C@H]2CCC[C@H]3OC(C)(C)O[C@@]23CC(C)=O)cc1. The highest BCUT2D eigenvalue weighted by Crippen LogP contribution is 2.48. The number of ether oxygens (including phenoxy) is 4. The van der Waals surface area contributed by atoms with Gasteiger partial charge in [0.25, 0.3) is 0 Å². The molecule has 2 aliphatic rings. The van der Waals surface area contributed by atoms with Crippen LogP contribution < -0.4 is 4.74 Å². The van der Waals surface area contributed by atoms with Crippen molar-refractivity contribution >= 4 is 5.78 Å². The lowest BCUT2D eigenvalue weighted by molar-refractivity contribution is -0.199. The van der Waals surface area contributed by atoms with E-state index in [-0.39, 0.29) is 18.0 Å². The van der Waals surface area contributed by atoms with E-state index in [9.17, 15) is 4.79 Å². The van der Waals surface area contributed by atoms with Gasteiger partial charge >= 0.3 is 0 Å². The highest BCUT2D eigenvalue weighted by molar-refractivity contribution is 5.77. The van der Waals surface area contributed by atoms with Crippen LogP contribution in [-0.4, -0.2) is 36.5 Å². The molecule has 3 atom stereocenters. The number of Topliss-reactive ketones (excluding diaryl/α,β-unsaturated/α-hetero) is 1. The Kier molecular flexibility index (Phi) is 5.19. The minimum Gasteiger partial charge on any atom is -0.497 e. The fourth-order valence-electron chi connectivity index (χ4n) is 4.09. The Morgan fingerprint density at radius 3 is 2.60 bits per heavy atom. The van der Waals surface area contributed by atoms with Crippen molar-refractivity contribution in [2.45, 2.75) is 76.7 Å². The molecular formula is C20H28O5. The third-order valence-corrected chi connectivity index (χ3v) is 5.02. The van der Waals surface area contributed by atoms with E-state index in [1.807, 2.05) is 38.1 Å². The maximum Gasteiger partial charge on any atom is 0.164 e. The van der Waals surface area contributed by atoms with E-state index >= 15 is 0 Å². The second-order valence-electron chi connectivity index (χ2n) is 7.52. The molecule has 1 saturated heterocycles. The van der Waals surface area contributed by atoms with Crippen LogP contribution in [0.4, 0.5) is 0 Å². The molecule has 1 saturated carbocycles. The number of carbonyl (C=O) groups is 1. The van der Waals surface area contributed by atoms with Crippen LogP contribution in [0, 0.1) is 0 Å². The smallest absolute Gasteiger partial charge is 0.164 e. The monoisotopic (exact) mass is 348 g/mol. The molecule has 5 heteroatoms. The molecule has 0 radical (unpaired) electrons. The molecule has 0 amide bonds. The van der Waals surface area contributed by atoms with Crippen molar-refractivity contribution in [2.75, 3.05) is 7.11 Å². The number of carbonyl (C=O) groups excluding carboxylic acids is 1. The van der Waals surface area contributed by atoms with E-state index in [0.717, 1.165) is 30.6 Å². The van der Waals surface area contributed by atoms with Crippen molar-refractivity contribution < 1.29 is 23.7 Å². The Balaban J connectivity index is 1.76. The van der Waals surface area contributed by atoms with Gasteiger partial charge in [0.1, 0.15) is 17.1 Å². The topological polar surface area (TPSA) is 54.0 Å². The summed E-state index contributed by atoms with van der Waals surface area (Å²) in [6.45, 7) is 5.90. The van der Waals surface area contributed by atoms with Gasteiger partial charge in [0, 0.05) is 6.42 Å². The summed E-state index contributed by atoms with van der Waals surface area (Å²) >= 11 is 0. The first-order valence-corrected chi connectivity index (χ1v) is 8.96. The zero-order chi connectivity index (χ0) is 18.1. The van der Waals surface area contributed by atoms with Gasteiger partial charge < -0.3 is 18.9 Å². The average molecular weight is 348 g/mol. The number of rotatable bonds is 6. The summed E-state index contributed by atoms with van der Waals surface area (Å²) in [5, 5.41) is 0. The Hall–Kier alpha value is -1.43. The number of fused-ring (bicyclic) bond motifs is 1. The lowest BCUT2D eigenvalue weighted by atomic mass is 9.76. The van der Waals surface area contributed by atoms with Crippen LogP contribution >= 0.6 is 0 Å². The molecule has 0 N–H and O–H groups in total. The van der Waals surface area contributed by atoms with E-state index in [1.165, 1.54) is 0 Å². The molecule has 1 aromatic carbocycles. The van der Waals surface area contributed by atoms with Crippen molar-refractivity contribution in [2.24, 2.45) is 0 Å². The average Bonchev–Trinajstić information content (AvgIpc) is 2.82. The molecule has 5 nitrogen and oxygen atoms in total. The van der Waals surface area contributed by atoms with Crippen molar-refractivity contribution in [3.05, 3.63) is 29.8 Å². The summed E-state index contributed by atoms with van der Waals surface area (Å²) in [4.78, 5) is 11.9. The normalized spacial score (nSPS) is 30.7. The predicted molar refractivity (Wildman–Crippen MR) is 93.5 cm³/mol. The molecule has 138 valence electrons. The lowest BCUT2D eigenvalue weighted by Gasteiger charge is -2.42. The van der Waals surface area contributed by atoms with Gasteiger partial charge in [0.2, 0.25) is 0 Å². The van der Waals surface area contributed by atoms with Crippen LogP contribution in [0.3, 0.4) is 0 Å². The molecule has 0 bridgehead atoms. The molecule has 3 rings (SSSR count). The molecule has 1 aliphatic carbocycles. The van der Waals surface area contributed by atoms with E-state index < -0.39 is 11.4 Å². The van der Waals surface area contributed by atoms with E-state index in [0.29, 0.717) is 13.0 Å². The third kappa shape index (κ3) is 3.89. The Morgan fingerprint density at radius 2 is 1.96 bits per heavy atom. The lowest BCUT2D eigenvalue weighted by Crippen LogP contribution is -2.55. The number of ketones is 1. The van der Waals surface area contributed by atoms with Crippen LogP contribution in [0.25, 0.3) is 0 Å². The van der Waals surface area contributed by atoms with Gasteiger partial charge in [-0.2, -0.15) is 0 Å². The first-order chi connectivity index (χ1) is 11.8. The molecule has 0 unspecified atom stereocenters. The third-order valence-electron chi connectivity index (χ3n) is 5.02. The van der Waals surface area contributed by atoms with E-state index in [1.54, 1.807) is 14.0 Å². The fourth-order valence-corrected chi connectivity index (χ4v) is 4.09. The second-order valence-corrected chi connectivity index (χ2v) is 7.52. The molecule has 1 aromatic rings. The van der Waals surface area contributed by atoms with Gasteiger partial charge in [0.05, 0.1) is 25.9 Å². The van der Waals surface area contributed by atoms with Crippen molar-refractivity contribution in [1.82, 2.24) is 0 Å². The minimum atomic E-state index is -0.688. The molecule has 25 heavy (non-hydrogen) atoms. The van der Waals surface area contributed by atoms with Crippen LogP contribution in [0.15, 0.2) is 24.3 Å². The quantitative estimate of drug-likeness (QED) is 0.786. The summed E-state index contributed by atoms with van der Waals surface area (Å²) in [6.07, 6.45) is 2.87. The number of benzene rings is 1. The summed E-state index contributed by atoms with van der Waals surface area (Å²) < 4.78 is 23.8. The Labute approximate surface area is 149 Å². The second kappa shape index (κ2) is 7.06. The standard InChI is InChI=1S/C20H28O5/c1-14(21)12-20-17(6-5-7-18(20)24-19(2,3)25-20)23-13-15-8-10-16(22-4)11-9-15/h8-11,17-18H,5-7,12-13H2,1-4H3/t17-,18+,20-/m0/s1. The summed E-state index contributed by atoms with van der Waals surface area (Å²) in [5.74, 6) is 0.238. The number of hydrogen-bond donors (Lipinski definition) is 0. The summed E-state index contributed by atoms with van der Waals surface area (Å²) in [7, 11) is 1.65. The van der Waals surface area contributed by atoms with Crippen molar-refractivity contribution in [1.29, 1.82) is 0 Å². The first kappa shape index (κ1) is 18.4. The van der Waals surface area contributed by atoms with E-state index in [4.69, 9.17) is 18.9 Å². The van der Waals surface area contributed by atoms with Gasteiger partial charge in [-0.3, -0.25) is 4.79 Å². The molecule has 2 fully saturated rings. The van der Waals surface area contributed by atoms with Crippen molar-refractivity contribution in [3.63, 3.8) is 0 Å². The van der Waals surface area contributed by atoms with Gasteiger partial charge in [-0.15, -0.1) is 0 Å². The van der Waals surface area contributed by atoms with E-state index in [2.05, 4.69) is 0 Å². The van der Waals surface area contributed by atoms with Crippen molar-refractivity contribution in [3.8, 4) is 5.75 Å². The zero-order valence-electron chi connectivity index (χ0n) is 15.5. The van der Waals surface area contributed by atoms with Gasteiger partial charge in [-0.25, -0.2) is 0 Å². The first-order valence-electron chi connectivity index (χ1n) is 8.96. The minimum absolute atomic E-state index is 0.0963. The Morgan fingerprint density at radius 1 is 1.24 bits per heavy atom. The predicted octanol–water partition coefficient (Wildman–Crippen LogP) is 3.63. The molecule has 1 aliphatic heterocycles. The van der Waals surface area contributed by atoms with Gasteiger partial charge in [-0.05, 0) is 57.7 Å². The number of methoxy groups -OCH3 is 1. The number of hydrogen-bond acceptors (Lipinski definition) is 5. The van der Waals surface area contributed by atoms with Crippen LogP contribution in [0.2, 0.25) is 0 Å². The molecular weight excluding hydrogens is 320 g/mol. The van der Waals surface area contributed by atoms with Gasteiger partial charge in [0.15, 0.2) is 5.79 Å². The highest BCUT2D eigenvalue weighted by Gasteiger charge is 2.59. The highest BCUT2D eigenvalue weighted by atomic mass is 16.8. The summed E-state index contributed by atoms with van der Waals surface area (Å²) in [5.41, 5.74) is 0.388. The maximum atomic E-state index is 11.9. The van der Waals surface area contributed by atoms with Crippen LogP contribution in [0.1, 0.15) is 52.0 Å². The van der Waals surface area contributed by atoms with Gasteiger partial charge in [-0.1, -0.05) is 12.1 Å². The largest absolute Gasteiger partial charge is 0.497 e. The molecule has 1 heterocycles. The Bertz CT molecular complexity index is 609. The summed E-state index contributed by atoms with van der Waals surface area (Å²) in [6, 6.07) is 7.83. The molecule has 0 aromatic heterocycles. The van der Waals surface area contributed by atoms with Crippen LogP contribution in [0.5, 0.6) is 5.75 Å². The maximum absolute atomic E-state index is 11.9. The zero-order valence-corrected chi connectivity index (χ0v) is 15.5. The fraction of sp³-hybridized carbons (Fsp3) is 0.650. The molecule has 0 spiro atoms. The van der Waals surface area contributed by atoms with Crippen LogP contribution in [-0.2, 0) is 25.6 Å².